The first-order chi connectivity index (χ1) is 4.65. The van der Waals surface area contributed by atoms with Crippen molar-refractivity contribution < 1.29 is 21.5 Å². The molecule has 0 aliphatic carbocycles. The molecule has 1 saturated heterocycles. The number of hydrogen-bond acceptors (Lipinski definition) is 0. The van der Waals surface area contributed by atoms with Crippen molar-refractivity contribution in [3.8, 4) is 0 Å². The molecule has 1 fully saturated rings. The number of quaternary nitrogens is 1. The van der Waals surface area contributed by atoms with E-state index in [2.05, 4.69) is 20.9 Å². The Bertz CT molecular complexity index is 106. The molecule has 0 atom stereocenters. The lowest BCUT2D eigenvalue weighted by molar-refractivity contribution is -0.933. The Hall–Kier alpha value is 0.440. The minimum Gasteiger partial charge on any atom is -1.00 e. The van der Waals surface area contributed by atoms with Gasteiger partial charge in [-0.2, -0.15) is 0 Å². The third kappa shape index (κ3) is 2.75. The SMILES string of the molecule is CC(C)[N+]1(C)CCCCC1.[Br-]. The maximum atomic E-state index is 2.39. The van der Waals surface area contributed by atoms with E-state index in [-0.39, 0.29) is 17.0 Å². The van der Waals surface area contributed by atoms with Crippen LogP contribution in [0.1, 0.15) is 33.1 Å². The molecule has 1 aliphatic rings. The second-order valence-corrected chi connectivity index (χ2v) is 4.08. The summed E-state index contributed by atoms with van der Waals surface area (Å²) in [5.74, 6) is 0. The minimum absolute atomic E-state index is 0. The summed E-state index contributed by atoms with van der Waals surface area (Å²) in [6.07, 6.45) is 4.34. The number of likely N-dealkylation sites (tertiary alicyclic amines) is 1. The summed E-state index contributed by atoms with van der Waals surface area (Å²) < 4.78 is 1.31. The summed E-state index contributed by atoms with van der Waals surface area (Å²) in [6, 6.07) is 0.820. The number of halogens is 1. The fourth-order valence-electron chi connectivity index (χ4n) is 1.75. The van der Waals surface area contributed by atoms with Crippen LogP contribution in [0.4, 0.5) is 0 Å². The Kier molecular flexibility index (Phi) is 4.64. The van der Waals surface area contributed by atoms with E-state index in [1.54, 1.807) is 0 Å². The van der Waals surface area contributed by atoms with Gasteiger partial charge in [-0.1, -0.05) is 0 Å². The van der Waals surface area contributed by atoms with Crippen molar-refractivity contribution in [3.05, 3.63) is 0 Å². The fourth-order valence-corrected chi connectivity index (χ4v) is 1.75. The predicted octanol–water partition coefficient (Wildman–Crippen LogP) is -0.971. The zero-order valence-electron chi connectivity index (χ0n) is 7.94. The topological polar surface area (TPSA) is 0 Å². The molecule has 11 heavy (non-hydrogen) atoms. The van der Waals surface area contributed by atoms with E-state index >= 15 is 0 Å². The number of rotatable bonds is 1. The normalized spacial score (nSPS) is 22.9. The molecule has 0 N–H and O–H groups in total. The molecular formula is C9H20BrN. The molecule has 0 spiro atoms. The number of nitrogens with zero attached hydrogens (tertiary/aromatic N) is 1. The Labute approximate surface area is 81.1 Å². The lowest BCUT2D eigenvalue weighted by atomic mass is 10.1. The highest BCUT2D eigenvalue weighted by molar-refractivity contribution is 4.53. The largest absolute Gasteiger partial charge is 1.00 e. The van der Waals surface area contributed by atoms with Gasteiger partial charge in [0.2, 0.25) is 0 Å². The molecule has 1 heterocycles. The van der Waals surface area contributed by atoms with E-state index in [1.165, 1.54) is 36.8 Å². The summed E-state index contributed by atoms with van der Waals surface area (Å²) in [5, 5.41) is 0. The minimum atomic E-state index is 0. The van der Waals surface area contributed by atoms with Crippen LogP contribution in [0.15, 0.2) is 0 Å². The maximum absolute atomic E-state index is 2.39. The smallest absolute Gasteiger partial charge is 0.0831 e. The summed E-state index contributed by atoms with van der Waals surface area (Å²) >= 11 is 0. The molecule has 68 valence electrons. The van der Waals surface area contributed by atoms with Crippen molar-refractivity contribution in [3.63, 3.8) is 0 Å². The second-order valence-electron chi connectivity index (χ2n) is 4.08. The van der Waals surface area contributed by atoms with Crippen LogP contribution in [0.2, 0.25) is 0 Å². The highest BCUT2D eigenvalue weighted by atomic mass is 79.9. The third-order valence-electron chi connectivity index (χ3n) is 3.08. The molecule has 2 heteroatoms. The fraction of sp³-hybridized carbons (Fsp3) is 1.00. The van der Waals surface area contributed by atoms with Gasteiger partial charge in [-0.25, -0.2) is 0 Å². The molecule has 0 radical (unpaired) electrons. The summed E-state index contributed by atoms with van der Waals surface area (Å²) in [7, 11) is 2.39. The van der Waals surface area contributed by atoms with Crippen molar-refractivity contribution in [2.75, 3.05) is 20.1 Å². The molecule has 0 aromatic carbocycles. The quantitative estimate of drug-likeness (QED) is 0.501. The maximum Gasteiger partial charge on any atom is 0.0831 e. The van der Waals surface area contributed by atoms with Crippen LogP contribution >= 0.6 is 0 Å². The van der Waals surface area contributed by atoms with Gasteiger partial charge in [-0.05, 0) is 33.1 Å². The predicted molar refractivity (Wildman–Crippen MR) is 44.9 cm³/mol. The molecule has 0 saturated carbocycles. The standard InChI is InChI=1S/C9H20N.BrH/c1-9(2)10(3)7-5-4-6-8-10;/h9H,4-8H2,1-3H3;1H/q+1;/p-1. The lowest BCUT2D eigenvalue weighted by Crippen LogP contribution is -3.00. The van der Waals surface area contributed by atoms with Crippen LogP contribution in [-0.2, 0) is 0 Å². The van der Waals surface area contributed by atoms with Crippen molar-refractivity contribution in [2.45, 2.75) is 39.2 Å². The van der Waals surface area contributed by atoms with Crippen molar-refractivity contribution in [1.82, 2.24) is 0 Å². The van der Waals surface area contributed by atoms with Gasteiger partial charge in [0.05, 0.1) is 26.2 Å². The molecule has 0 bridgehead atoms. The first-order valence-corrected chi connectivity index (χ1v) is 4.49. The zero-order chi connectivity index (χ0) is 7.61. The summed E-state index contributed by atoms with van der Waals surface area (Å²) in [4.78, 5) is 0. The van der Waals surface area contributed by atoms with Gasteiger partial charge in [0.25, 0.3) is 0 Å². The van der Waals surface area contributed by atoms with Crippen LogP contribution in [0, 0.1) is 0 Å². The van der Waals surface area contributed by atoms with Crippen LogP contribution in [0.25, 0.3) is 0 Å². The van der Waals surface area contributed by atoms with Gasteiger partial charge in [0, 0.05) is 0 Å². The molecule has 0 aromatic rings. The summed E-state index contributed by atoms with van der Waals surface area (Å²) in [6.45, 7) is 7.48. The van der Waals surface area contributed by atoms with Crippen LogP contribution in [-0.4, -0.2) is 30.7 Å². The van der Waals surface area contributed by atoms with Crippen molar-refractivity contribution >= 4 is 0 Å². The highest BCUT2D eigenvalue weighted by Gasteiger charge is 2.27. The zero-order valence-corrected chi connectivity index (χ0v) is 9.52. The monoisotopic (exact) mass is 221 g/mol. The first-order valence-electron chi connectivity index (χ1n) is 4.49. The molecule has 1 rings (SSSR count). The van der Waals surface area contributed by atoms with E-state index in [0.29, 0.717) is 0 Å². The average molecular weight is 222 g/mol. The van der Waals surface area contributed by atoms with E-state index < -0.39 is 0 Å². The highest BCUT2D eigenvalue weighted by Crippen LogP contribution is 2.19. The van der Waals surface area contributed by atoms with Crippen LogP contribution < -0.4 is 17.0 Å². The molecule has 0 aromatic heterocycles. The van der Waals surface area contributed by atoms with Gasteiger partial charge in [-0.15, -0.1) is 0 Å². The van der Waals surface area contributed by atoms with Gasteiger partial charge in [-0.3, -0.25) is 0 Å². The van der Waals surface area contributed by atoms with E-state index in [4.69, 9.17) is 0 Å². The van der Waals surface area contributed by atoms with Gasteiger partial charge < -0.3 is 21.5 Å². The molecule has 1 nitrogen and oxygen atoms in total. The Morgan fingerprint density at radius 2 is 1.45 bits per heavy atom. The third-order valence-corrected chi connectivity index (χ3v) is 3.08. The Morgan fingerprint density at radius 3 is 1.73 bits per heavy atom. The van der Waals surface area contributed by atoms with Crippen molar-refractivity contribution in [2.24, 2.45) is 0 Å². The first kappa shape index (κ1) is 11.4. The van der Waals surface area contributed by atoms with Gasteiger partial charge >= 0.3 is 0 Å². The van der Waals surface area contributed by atoms with E-state index in [0.717, 1.165) is 6.04 Å². The molecule has 1 aliphatic heterocycles. The lowest BCUT2D eigenvalue weighted by Gasteiger charge is -2.41. The van der Waals surface area contributed by atoms with Crippen LogP contribution in [0.3, 0.4) is 0 Å². The summed E-state index contributed by atoms with van der Waals surface area (Å²) in [5.41, 5.74) is 0. The molecular weight excluding hydrogens is 202 g/mol. The van der Waals surface area contributed by atoms with Crippen molar-refractivity contribution in [1.29, 1.82) is 0 Å². The van der Waals surface area contributed by atoms with E-state index in [9.17, 15) is 0 Å². The average Bonchev–Trinajstić information content (AvgIpc) is 1.89. The van der Waals surface area contributed by atoms with E-state index in [1.807, 2.05) is 0 Å². The molecule has 0 amide bonds. The van der Waals surface area contributed by atoms with Gasteiger partial charge in [0.15, 0.2) is 0 Å². The van der Waals surface area contributed by atoms with Crippen LogP contribution in [0.5, 0.6) is 0 Å². The Balaban J connectivity index is 0.000001000. The number of hydrogen-bond donors (Lipinski definition) is 0. The second kappa shape index (κ2) is 4.46. The van der Waals surface area contributed by atoms with Gasteiger partial charge in [0.1, 0.15) is 0 Å². The Morgan fingerprint density at radius 1 is 1.00 bits per heavy atom. The molecule has 0 unspecified atom stereocenters. The number of piperidine rings is 1.